The number of benzene rings is 1. The van der Waals surface area contributed by atoms with Gasteiger partial charge in [0.1, 0.15) is 5.82 Å². The molecule has 2 aromatic rings. The number of pyridine rings is 1. The van der Waals surface area contributed by atoms with Crippen LogP contribution in [0.3, 0.4) is 0 Å². The average Bonchev–Trinajstić information content (AvgIpc) is 2.39. The van der Waals surface area contributed by atoms with Gasteiger partial charge in [-0.15, -0.1) is 0 Å². The van der Waals surface area contributed by atoms with E-state index < -0.39 is 0 Å². The van der Waals surface area contributed by atoms with Gasteiger partial charge < -0.3 is 10.5 Å². The van der Waals surface area contributed by atoms with E-state index in [-0.39, 0.29) is 5.82 Å². The van der Waals surface area contributed by atoms with Crippen molar-refractivity contribution < 1.29 is 9.13 Å². The molecule has 17 heavy (non-hydrogen) atoms. The Hall–Kier alpha value is -1.94. The SMILES string of the molecule is COc1cc(-c2cc(F)ccc2CN)ccn1. The molecule has 0 aliphatic heterocycles. The van der Waals surface area contributed by atoms with Crippen molar-refractivity contribution in [2.45, 2.75) is 6.54 Å². The van der Waals surface area contributed by atoms with E-state index in [9.17, 15) is 4.39 Å². The predicted molar refractivity (Wildman–Crippen MR) is 64.1 cm³/mol. The Morgan fingerprint density at radius 3 is 2.82 bits per heavy atom. The van der Waals surface area contributed by atoms with Crippen LogP contribution in [0.2, 0.25) is 0 Å². The second-order valence-corrected chi connectivity index (χ2v) is 3.59. The summed E-state index contributed by atoms with van der Waals surface area (Å²) in [5.41, 5.74) is 8.14. The van der Waals surface area contributed by atoms with Gasteiger partial charge in [0.25, 0.3) is 0 Å². The fraction of sp³-hybridized carbons (Fsp3) is 0.154. The third-order valence-electron chi connectivity index (χ3n) is 2.55. The molecule has 1 aromatic carbocycles. The molecule has 0 radical (unpaired) electrons. The lowest BCUT2D eigenvalue weighted by atomic mass is 10.0. The summed E-state index contributed by atoms with van der Waals surface area (Å²) in [6.07, 6.45) is 1.62. The number of aromatic nitrogens is 1. The summed E-state index contributed by atoms with van der Waals surface area (Å²) in [6.45, 7) is 0.361. The molecule has 0 fully saturated rings. The molecule has 0 aliphatic rings. The highest BCUT2D eigenvalue weighted by atomic mass is 19.1. The molecule has 0 spiro atoms. The number of nitrogens with two attached hydrogens (primary N) is 1. The summed E-state index contributed by atoms with van der Waals surface area (Å²) in [6, 6.07) is 8.13. The van der Waals surface area contributed by atoms with Gasteiger partial charge in [0.05, 0.1) is 7.11 Å². The molecule has 0 unspecified atom stereocenters. The van der Waals surface area contributed by atoms with E-state index in [1.54, 1.807) is 31.5 Å². The first-order valence-electron chi connectivity index (χ1n) is 5.23. The van der Waals surface area contributed by atoms with Crippen LogP contribution in [0.25, 0.3) is 11.1 Å². The molecule has 1 heterocycles. The van der Waals surface area contributed by atoms with E-state index in [4.69, 9.17) is 10.5 Å². The molecule has 0 amide bonds. The Bertz CT molecular complexity index is 529. The van der Waals surface area contributed by atoms with Crippen LogP contribution in [-0.4, -0.2) is 12.1 Å². The molecule has 0 saturated heterocycles. The number of nitrogens with zero attached hydrogens (tertiary/aromatic N) is 1. The predicted octanol–water partition coefficient (Wildman–Crippen LogP) is 2.36. The van der Waals surface area contributed by atoms with Crippen LogP contribution in [0.15, 0.2) is 36.5 Å². The molecule has 0 aliphatic carbocycles. The Morgan fingerprint density at radius 1 is 1.29 bits per heavy atom. The number of hydrogen-bond acceptors (Lipinski definition) is 3. The van der Waals surface area contributed by atoms with Crippen LogP contribution in [0, 0.1) is 5.82 Å². The zero-order valence-corrected chi connectivity index (χ0v) is 9.48. The molecular formula is C13H13FN2O. The standard InChI is InChI=1S/C13H13FN2O/c1-17-13-6-9(4-5-16-13)12-7-11(14)3-2-10(12)8-15/h2-7H,8,15H2,1H3. The second kappa shape index (κ2) is 4.93. The van der Waals surface area contributed by atoms with Gasteiger partial charge in [-0.25, -0.2) is 9.37 Å². The average molecular weight is 232 g/mol. The van der Waals surface area contributed by atoms with Gasteiger partial charge in [0.2, 0.25) is 5.88 Å². The van der Waals surface area contributed by atoms with Crippen LogP contribution in [-0.2, 0) is 6.54 Å². The maximum atomic E-state index is 13.3. The number of halogens is 1. The molecular weight excluding hydrogens is 219 g/mol. The summed E-state index contributed by atoms with van der Waals surface area (Å²) < 4.78 is 18.3. The van der Waals surface area contributed by atoms with Crippen molar-refractivity contribution in [2.24, 2.45) is 5.73 Å². The fourth-order valence-corrected chi connectivity index (χ4v) is 1.68. The van der Waals surface area contributed by atoms with Crippen molar-refractivity contribution in [1.29, 1.82) is 0 Å². The summed E-state index contributed by atoms with van der Waals surface area (Å²) in [5, 5.41) is 0. The van der Waals surface area contributed by atoms with Crippen molar-refractivity contribution >= 4 is 0 Å². The summed E-state index contributed by atoms with van der Waals surface area (Å²) in [5.74, 6) is 0.211. The first kappa shape index (κ1) is 11.5. The van der Waals surface area contributed by atoms with Crippen LogP contribution < -0.4 is 10.5 Å². The monoisotopic (exact) mass is 232 g/mol. The zero-order chi connectivity index (χ0) is 12.3. The molecule has 0 saturated carbocycles. The van der Waals surface area contributed by atoms with Crippen molar-refractivity contribution in [3.05, 3.63) is 47.9 Å². The number of rotatable bonds is 3. The molecule has 0 atom stereocenters. The van der Waals surface area contributed by atoms with Crippen LogP contribution in [0.1, 0.15) is 5.56 Å². The maximum absolute atomic E-state index is 13.3. The zero-order valence-electron chi connectivity index (χ0n) is 9.48. The lowest BCUT2D eigenvalue weighted by Crippen LogP contribution is -1.99. The smallest absolute Gasteiger partial charge is 0.213 e. The highest BCUT2D eigenvalue weighted by Crippen LogP contribution is 2.26. The minimum atomic E-state index is -0.284. The highest BCUT2D eigenvalue weighted by molar-refractivity contribution is 5.68. The minimum Gasteiger partial charge on any atom is -0.481 e. The molecule has 3 nitrogen and oxygen atoms in total. The quantitative estimate of drug-likeness (QED) is 0.883. The number of hydrogen-bond donors (Lipinski definition) is 1. The normalized spacial score (nSPS) is 10.3. The molecule has 4 heteroatoms. The molecule has 2 N–H and O–H groups in total. The van der Waals surface area contributed by atoms with Crippen LogP contribution in [0.4, 0.5) is 4.39 Å². The summed E-state index contributed by atoms with van der Waals surface area (Å²) in [7, 11) is 1.54. The van der Waals surface area contributed by atoms with Crippen molar-refractivity contribution in [2.75, 3.05) is 7.11 Å². The third kappa shape index (κ3) is 2.42. The minimum absolute atomic E-state index is 0.284. The van der Waals surface area contributed by atoms with Gasteiger partial charge in [-0.2, -0.15) is 0 Å². The second-order valence-electron chi connectivity index (χ2n) is 3.59. The summed E-state index contributed by atoms with van der Waals surface area (Å²) >= 11 is 0. The van der Waals surface area contributed by atoms with Crippen LogP contribution in [0.5, 0.6) is 5.88 Å². The van der Waals surface area contributed by atoms with Gasteiger partial charge >= 0.3 is 0 Å². The largest absolute Gasteiger partial charge is 0.481 e. The van der Waals surface area contributed by atoms with Gasteiger partial charge in [-0.1, -0.05) is 6.07 Å². The van der Waals surface area contributed by atoms with Gasteiger partial charge in [-0.3, -0.25) is 0 Å². The Labute approximate surface area is 99.1 Å². The first-order valence-corrected chi connectivity index (χ1v) is 5.23. The van der Waals surface area contributed by atoms with Gasteiger partial charge in [0.15, 0.2) is 0 Å². The Kier molecular flexibility index (Phi) is 3.35. The Balaban J connectivity index is 2.54. The Morgan fingerprint density at radius 2 is 2.12 bits per heavy atom. The van der Waals surface area contributed by atoms with Crippen molar-refractivity contribution in [3.8, 4) is 17.0 Å². The molecule has 1 aromatic heterocycles. The lowest BCUT2D eigenvalue weighted by Gasteiger charge is -2.09. The van der Waals surface area contributed by atoms with Crippen molar-refractivity contribution in [3.63, 3.8) is 0 Å². The number of methoxy groups -OCH3 is 1. The lowest BCUT2D eigenvalue weighted by molar-refractivity contribution is 0.398. The van der Waals surface area contributed by atoms with E-state index in [0.29, 0.717) is 12.4 Å². The highest BCUT2D eigenvalue weighted by Gasteiger charge is 2.07. The van der Waals surface area contributed by atoms with Crippen LogP contribution >= 0.6 is 0 Å². The maximum Gasteiger partial charge on any atom is 0.213 e. The number of ether oxygens (including phenoxy) is 1. The fourth-order valence-electron chi connectivity index (χ4n) is 1.68. The van der Waals surface area contributed by atoms with E-state index in [2.05, 4.69) is 4.98 Å². The van der Waals surface area contributed by atoms with Crippen molar-refractivity contribution in [1.82, 2.24) is 4.98 Å². The van der Waals surface area contributed by atoms with E-state index in [0.717, 1.165) is 16.7 Å². The topological polar surface area (TPSA) is 48.1 Å². The van der Waals surface area contributed by atoms with Gasteiger partial charge in [0, 0.05) is 18.8 Å². The third-order valence-corrected chi connectivity index (χ3v) is 2.55. The molecule has 0 bridgehead atoms. The molecule has 2 rings (SSSR count). The van der Waals surface area contributed by atoms with E-state index in [1.807, 2.05) is 0 Å². The van der Waals surface area contributed by atoms with E-state index >= 15 is 0 Å². The summed E-state index contributed by atoms with van der Waals surface area (Å²) in [4.78, 5) is 4.01. The molecule has 88 valence electrons. The van der Waals surface area contributed by atoms with E-state index in [1.165, 1.54) is 12.1 Å². The first-order chi connectivity index (χ1) is 8.24. The van der Waals surface area contributed by atoms with Gasteiger partial charge in [-0.05, 0) is 34.9 Å².